The Morgan fingerprint density at radius 2 is 1.90 bits per heavy atom. The van der Waals surface area contributed by atoms with E-state index in [1.165, 1.54) is 5.57 Å². The molecule has 0 amide bonds. The predicted octanol–water partition coefficient (Wildman–Crippen LogP) is 4.08. The quantitative estimate of drug-likeness (QED) is 0.390. The van der Waals surface area contributed by atoms with Crippen molar-refractivity contribution in [1.29, 1.82) is 0 Å². The fourth-order valence-electron chi connectivity index (χ4n) is 1.87. The van der Waals surface area contributed by atoms with Gasteiger partial charge in [0.05, 0.1) is 20.3 Å². The first-order valence-electron chi connectivity index (χ1n) is 7.13. The van der Waals surface area contributed by atoms with Crippen LogP contribution >= 0.6 is 0 Å². The van der Waals surface area contributed by atoms with Gasteiger partial charge < -0.3 is 9.47 Å². The summed E-state index contributed by atoms with van der Waals surface area (Å²) in [6.07, 6.45) is 6.39. The van der Waals surface area contributed by atoms with Crippen LogP contribution in [0.4, 0.5) is 0 Å². The van der Waals surface area contributed by atoms with Gasteiger partial charge in [-0.2, -0.15) is 0 Å². The molecule has 0 N–H and O–H groups in total. The summed E-state index contributed by atoms with van der Waals surface area (Å²) in [7, 11) is 1.65. The monoisotopic (exact) mass is 288 g/mol. The van der Waals surface area contributed by atoms with E-state index in [-0.39, 0.29) is 0 Å². The van der Waals surface area contributed by atoms with Gasteiger partial charge in [-0.3, -0.25) is 4.79 Å². The number of carbonyl (C=O) groups is 1. The Kier molecular flexibility index (Phi) is 8.14. The lowest BCUT2D eigenvalue weighted by Gasteiger charge is -2.08. The largest absolute Gasteiger partial charge is 0.497 e. The van der Waals surface area contributed by atoms with Gasteiger partial charge in [-0.15, -0.1) is 0 Å². The molecule has 1 rings (SSSR count). The molecule has 3 heteroatoms. The van der Waals surface area contributed by atoms with Crippen LogP contribution in [0.25, 0.3) is 0 Å². The molecule has 1 aromatic rings. The minimum atomic E-state index is 0.487. The van der Waals surface area contributed by atoms with Crippen LogP contribution in [0.15, 0.2) is 47.6 Å². The van der Waals surface area contributed by atoms with Gasteiger partial charge in [0.2, 0.25) is 0 Å². The molecule has 0 fully saturated rings. The van der Waals surface area contributed by atoms with Gasteiger partial charge >= 0.3 is 0 Å². The predicted molar refractivity (Wildman–Crippen MR) is 85.5 cm³/mol. The van der Waals surface area contributed by atoms with Crippen molar-refractivity contribution in [3.8, 4) is 5.75 Å². The Morgan fingerprint density at radius 1 is 1.19 bits per heavy atom. The smallest absolute Gasteiger partial charge is 0.142 e. The second-order valence-electron chi connectivity index (χ2n) is 5.12. The van der Waals surface area contributed by atoms with Crippen LogP contribution in [-0.2, 0) is 16.1 Å². The lowest BCUT2D eigenvalue weighted by atomic mass is 10.1. The third kappa shape index (κ3) is 7.47. The highest BCUT2D eigenvalue weighted by molar-refractivity contribution is 5.66. The molecule has 114 valence electrons. The molecule has 0 saturated heterocycles. The number of hydrogen-bond donors (Lipinski definition) is 0. The fraction of sp³-hybridized carbons (Fsp3) is 0.389. The van der Waals surface area contributed by atoms with Crippen LogP contribution in [0.1, 0.15) is 32.3 Å². The molecule has 0 atom stereocenters. The van der Waals surface area contributed by atoms with Gasteiger partial charge in [-0.05, 0) is 56.0 Å². The zero-order valence-electron chi connectivity index (χ0n) is 13.1. The summed E-state index contributed by atoms with van der Waals surface area (Å²) in [4.78, 5) is 10.7. The second kappa shape index (κ2) is 9.94. The average molecular weight is 288 g/mol. The number of methoxy groups -OCH3 is 1. The summed E-state index contributed by atoms with van der Waals surface area (Å²) >= 11 is 0. The third-order valence-corrected chi connectivity index (χ3v) is 3.04. The highest BCUT2D eigenvalue weighted by Crippen LogP contribution is 2.13. The third-order valence-electron chi connectivity index (χ3n) is 3.04. The van der Waals surface area contributed by atoms with Crippen molar-refractivity contribution < 1.29 is 14.3 Å². The first-order chi connectivity index (χ1) is 10.2. The highest BCUT2D eigenvalue weighted by Gasteiger charge is 1.99. The molecular formula is C18H24O3. The van der Waals surface area contributed by atoms with E-state index in [1.807, 2.05) is 24.3 Å². The molecule has 1 aromatic carbocycles. The van der Waals surface area contributed by atoms with Crippen molar-refractivity contribution in [1.82, 2.24) is 0 Å². The Hall–Kier alpha value is -1.87. The number of rotatable bonds is 9. The first kappa shape index (κ1) is 17.2. The summed E-state index contributed by atoms with van der Waals surface area (Å²) in [6.45, 7) is 5.16. The molecule has 0 bridgehead atoms. The Labute approximate surface area is 127 Å². The minimum Gasteiger partial charge on any atom is -0.497 e. The zero-order valence-corrected chi connectivity index (χ0v) is 13.1. The van der Waals surface area contributed by atoms with Crippen molar-refractivity contribution in [2.75, 3.05) is 13.7 Å². The van der Waals surface area contributed by atoms with E-state index >= 15 is 0 Å². The molecule has 0 unspecified atom stereocenters. The number of benzene rings is 1. The molecule has 21 heavy (non-hydrogen) atoms. The summed E-state index contributed by atoms with van der Waals surface area (Å²) in [5, 5.41) is 0. The molecular weight excluding hydrogens is 264 g/mol. The summed E-state index contributed by atoms with van der Waals surface area (Å²) < 4.78 is 10.8. The lowest BCUT2D eigenvalue weighted by molar-refractivity contribution is -0.104. The van der Waals surface area contributed by atoms with Crippen LogP contribution < -0.4 is 4.74 Å². The van der Waals surface area contributed by atoms with E-state index < -0.39 is 0 Å². The molecule has 0 aliphatic rings. The van der Waals surface area contributed by atoms with E-state index in [1.54, 1.807) is 13.2 Å². The zero-order chi connectivity index (χ0) is 15.5. The van der Waals surface area contributed by atoms with Crippen LogP contribution in [0.2, 0.25) is 0 Å². The maximum absolute atomic E-state index is 10.7. The van der Waals surface area contributed by atoms with Crippen LogP contribution in [-0.4, -0.2) is 20.0 Å². The molecule has 0 aromatic heterocycles. The van der Waals surface area contributed by atoms with Crippen molar-refractivity contribution in [2.24, 2.45) is 0 Å². The molecule has 0 heterocycles. The Bertz CT molecular complexity index is 480. The SMILES string of the molecule is COc1ccc(COC/C(=C/C=O)CCC=C(C)C)cc1. The fourth-order valence-corrected chi connectivity index (χ4v) is 1.87. The molecule has 0 saturated carbocycles. The Balaban J connectivity index is 2.40. The highest BCUT2D eigenvalue weighted by atomic mass is 16.5. The second-order valence-corrected chi connectivity index (χ2v) is 5.12. The average Bonchev–Trinajstić information content (AvgIpc) is 2.47. The standard InChI is InChI=1S/C18H24O3/c1-15(2)5-4-6-16(11-12-19)13-21-14-17-7-9-18(20-3)10-8-17/h5,7-12H,4,6,13-14H2,1-3H3/b16-11+. The summed E-state index contributed by atoms with van der Waals surface area (Å²) in [5.74, 6) is 0.835. The van der Waals surface area contributed by atoms with Crippen molar-refractivity contribution >= 4 is 6.29 Å². The molecule has 3 nitrogen and oxygen atoms in total. The van der Waals surface area contributed by atoms with Crippen molar-refractivity contribution in [2.45, 2.75) is 33.3 Å². The topological polar surface area (TPSA) is 35.5 Å². The lowest BCUT2D eigenvalue weighted by Crippen LogP contribution is -2.00. The van der Waals surface area contributed by atoms with E-state index in [0.717, 1.165) is 36.0 Å². The van der Waals surface area contributed by atoms with Gasteiger partial charge in [0.15, 0.2) is 0 Å². The first-order valence-corrected chi connectivity index (χ1v) is 7.13. The summed E-state index contributed by atoms with van der Waals surface area (Å²) in [5.41, 5.74) is 3.40. The minimum absolute atomic E-state index is 0.487. The molecule has 0 aliphatic heterocycles. The maximum atomic E-state index is 10.7. The van der Waals surface area contributed by atoms with Crippen LogP contribution in [0.5, 0.6) is 5.75 Å². The number of aldehydes is 1. The number of carbonyl (C=O) groups excluding carboxylic acids is 1. The van der Waals surface area contributed by atoms with E-state index in [9.17, 15) is 4.79 Å². The number of allylic oxidation sites excluding steroid dienone is 3. The number of hydrogen-bond acceptors (Lipinski definition) is 3. The van der Waals surface area contributed by atoms with Crippen molar-refractivity contribution in [3.63, 3.8) is 0 Å². The Morgan fingerprint density at radius 3 is 2.48 bits per heavy atom. The van der Waals surface area contributed by atoms with Gasteiger partial charge in [0.25, 0.3) is 0 Å². The van der Waals surface area contributed by atoms with Crippen LogP contribution in [0.3, 0.4) is 0 Å². The molecule has 0 radical (unpaired) electrons. The van der Waals surface area contributed by atoms with Gasteiger partial charge in [-0.1, -0.05) is 23.8 Å². The molecule has 0 spiro atoms. The van der Waals surface area contributed by atoms with Gasteiger partial charge in [0, 0.05) is 0 Å². The summed E-state index contributed by atoms with van der Waals surface area (Å²) in [6, 6.07) is 7.78. The maximum Gasteiger partial charge on any atom is 0.142 e. The number of ether oxygens (including phenoxy) is 2. The van der Waals surface area contributed by atoms with E-state index in [2.05, 4.69) is 19.9 Å². The van der Waals surface area contributed by atoms with Gasteiger partial charge in [0.1, 0.15) is 12.0 Å². The van der Waals surface area contributed by atoms with Gasteiger partial charge in [-0.25, -0.2) is 0 Å². The van der Waals surface area contributed by atoms with Crippen molar-refractivity contribution in [3.05, 3.63) is 53.1 Å². The normalized spacial score (nSPS) is 11.1. The van der Waals surface area contributed by atoms with E-state index in [4.69, 9.17) is 9.47 Å². The van der Waals surface area contributed by atoms with E-state index in [0.29, 0.717) is 13.2 Å². The molecule has 0 aliphatic carbocycles. The van der Waals surface area contributed by atoms with Crippen LogP contribution in [0, 0.1) is 0 Å².